The summed E-state index contributed by atoms with van der Waals surface area (Å²) in [5, 5.41) is 1.16. The highest BCUT2D eigenvalue weighted by molar-refractivity contribution is 6.35. The van der Waals surface area contributed by atoms with Crippen LogP contribution < -0.4 is 5.73 Å². The van der Waals surface area contributed by atoms with E-state index in [2.05, 4.69) is 20.8 Å². The van der Waals surface area contributed by atoms with Crippen LogP contribution in [0, 0.1) is 5.41 Å². The van der Waals surface area contributed by atoms with Gasteiger partial charge in [0.2, 0.25) is 5.91 Å². The fraction of sp³-hybridized carbons (Fsp3) is 0.562. The van der Waals surface area contributed by atoms with E-state index in [9.17, 15) is 4.79 Å². The molecule has 118 valence electrons. The fourth-order valence-corrected chi connectivity index (χ4v) is 2.70. The smallest absolute Gasteiger partial charge is 0.224 e. The number of nitrogens with zero attached hydrogens (tertiary/aromatic N) is 1. The van der Waals surface area contributed by atoms with Crippen molar-refractivity contribution in [1.29, 1.82) is 0 Å². The summed E-state index contributed by atoms with van der Waals surface area (Å²) in [5.74, 6) is 0.0257. The first-order valence-electron chi connectivity index (χ1n) is 7.02. The molecule has 1 amide bonds. The lowest BCUT2D eigenvalue weighted by molar-refractivity contribution is -0.130. The Balaban J connectivity index is 2.58. The zero-order valence-corrected chi connectivity index (χ0v) is 14.6. The average molecular weight is 331 g/mol. The van der Waals surface area contributed by atoms with Crippen molar-refractivity contribution in [3.05, 3.63) is 33.8 Å². The lowest BCUT2D eigenvalue weighted by Crippen LogP contribution is -2.35. The maximum Gasteiger partial charge on any atom is 0.224 e. The number of amides is 1. The maximum atomic E-state index is 12.2. The van der Waals surface area contributed by atoms with Crippen molar-refractivity contribution in [2.45, 2.75) is 46.2 Å². The summed E-state index contributed by atoms with van der Waals surface area (Å²) in [4.78, 5) is 13.8. The van der Waals surface area contributed by atoms with Crippen molar-refractivity contribution >= 4 is 29.1 Å². The molecule has 1 aromatic carbocycles. The molecule has 1 unspecified atom stereocenters. The van der Waals surface area contributed by atoms with E-state index in [1.807, 2.05) is 6.07 Å². The highest BCUT2D eigenvalue weighted by Crippen LogP contribution is 2.23. The number of halogens is 2. The first-order chi connectivity index (χ1) is 9.58. The van der Waals surface area contributed by atoms with Crippen LogP contribution in [-0.4, -0.2) is 23.9 Å². The van der Waals surface area contributed by atoms with Crippen molar-refractivity contribution in [1.82, 2.24) is 4.90 Å². The Morgan fingerprint density at radius 1 is 1.33 bits per heavy atom. The van der Waals surface area contributed by atoms with Gasteiger partial charge in [0.25, 0.3) is 0 Å². The van der Waals surface area contributed by atoms with Gasteiger partial charge in [-0.2, -0.15) is 0 Å². The summed E-state index contributed by atoms with van der Waals surface area (Å²) in [5.41, 5.74) is 7.05. The molecule has 1 aromatic rings. The van der Waals surface area contributed by atoms with Crippen LogP contribution in [0.5, 0.6) is 0 Å². The number of hydrogen-bond donors (Lipinski definition) is 1. The molecule has 0 bridgehead atoms. The van der Waals surface area contributed by atoms with Crippen LogP contribution in [0.4, 0.5) is 0 Å². The van der Waals surface area contributed by atoms with Crippen molar-refractivity contribution in [2.75, 3.05) is 7.05 Å². The van der Waals surface area contributed by atoms with Gasteiger partial charge in [-0.05, 0) is 29.5 Å². The van der Waals surface area contributed by atoms with Gasteiger partial charge < -0.3 is 10.6 Å². The van der Waals surface area contributed by atoms with Crippen LogP contribution >= 0.6 is 23.2 Å². The molecular weight excluding hydrogens is 307 g/mol. The van der Waals surface area contributed by atoms with Crippen LogP contribution in [-0.2, 0) is 11.3 Å². The SMILES string of the molecule is CN(Cc1ccc(Cl)cc1Cl)C(=O)CC(N)CC(C)(C)C. The summed E-state index contributed by atoms with van der Waals surface area (Å²) in [6.07, 6.45) is 1.16. The van der Waals surface area contributed by atoms with Gasteiger partial charge in [0, 0.05) is 36.1 Å². The third kappa shape index (κ3) is 6.68. The Morgan fingerprint density at radius 2 is 1.95 bits per heavy atom. The maximum absolute atomic E-state index is 12.2. The first-order valence-corrected chi connectivity index (χ1v) is 7.77. The van der Waals surface area contributed by atoms with Gasteiger partial charge in [-0.1, -0.05) is 50.0 Å². The number of rotatable bonds is 5. The zero-order valence-electron chi connectivity index (χ0n) is 13.1. The van der Waals surface area contributed by atoms with Gasteiger partial charge in [0.15, 0.2) is 0 Å². The fourth-order valence-electron chi connectivity index (χ4n) is 2.23. The first kappa shape index (κ1) is 18.3. The molecule has 0 heterocycles. The van der Waals surface area contributed by atoms with E-state index in [0.29, 0.717) is 23.0 Å². The molecule has 1 rings (SSSR count). The van der Waals surface area contributed by atoms with Crippen molar-refractivity contribution < 1.29 is 4.79 Å². The van der Waals surface area contributed by atoms with Crippen molar-refractivity contribution in [3.63, 3.8) is 0 Å². The minimum Gasteiger partial charge on any atom is -0.341 e. The molecular formula is C16H24Cl2N2O. The largest absolute Gasteiger partial charge is 0.341 e. The average Bonchev–Trinajstić information content (AvgIpc) is 2.29. The van der Waals surface area contributed by atoms with Gasteiger partial charge in [-0.15, -0.1) is 0 Å². The molecule has 0 aliphatic rings. The van der Waals surface area contributed by atoms with E-state index >= 15 is 0 Å². The molecule has 21 heavy (non-hydrogen) atoms. The number of nitrogens with two attached hydrogens (primary N) is 1. The topological polar surface area (TPSA) is 46.3 Å². The van der Waals surface area contributed by atoms with Gasteiger partial charge in [-0.3, -0.25) is 4.79 Å². The number of carbonyl (C=O) groups is 1. The van der Waals surface area contributed by atoms with E-state index in [1.54, 1.807) is 24.1 Å². The van der Waals surface area contributed by atoms with E-state index in [4.69, 9.17) is 28.9 Å². The molecule has 0 saturated heterocycles. The predicted molar refractivity (Wildman–Crippen MR) is 89.6 cm³/mol. The summed E-state index contributed by atoms with van der Waals surface area (Å²) in [7, 11) is 1.76. The van der Waals surface area contributed by atoms with Gasteiger partial charge >= 0.3 is 0 Å². The highest BCUT2D eigenvalue weighted by Gasteiger charge is 2.20. The van der Waals surface area contributed by atoms with Gasteiger partial charge in [0.05, 0.1) is 0 Å². The Hall–Kier alpha value is -0.770. The molecule has 0 aromatic heterocycles. The second-order valence-electron chi connectivity index (χ2n) is 6.71. The normalized spacial score (nSPS) is 13.1. The Labute approximate surface area is 137 Å². The molecule has 0 saturated carbocycles. The van der Waals surface area contributed by atoms with Crippen LogP contribution in [0.2, 0.25) is 10.0 Å². The second kappa shape index (κ2) is 7.48. The van der Waals surface area contributed by atoms with Gasteiger partial charge in [0.1, 0.15) is 0 Å². The summed E-state index contributed by atoms with van der Waals surface area (Å²) >= 11 is 12.0. The highest BCUT2D eigenvalue weighted by atomic mass is 35.5. The van der Waals surface area contributed by atoms with E-state index in [1.165, 1.54) is 0 Å². The Bertz CT molecular complexity index is 498. The third-order valence-electron chi connectivity index (χ3n) is 3.16. The molecule has 0 aliphatic heterocycles. The molecule has 0 fully saturated rings. The molecule has 0 spiro atoms. The van der Waals surface area contributed by atoms with Crippen LogP contribution in [0.3, 0.4) is 0 Å². The molecule has 1 atom stereocenters. The standard InChI is InChI=1S/C16H24Cl2N2O/c1-16(2,3)9-13(19)8-15(21)20(4)10-11-5-6-12(17)7-14(11)18/h5-7,13H,8-10,19H2,1-4H3. The Morgan fingerprint density at radius 3 is 2.48 bits per heavy atom. The lowest BCUT2D eigenvalue weighted by Gasteiger charge is -2.25. The van der Waals surface area contributed by atoms with Crippen molar-refractivity contribution in [2.24, 2.45) is 11.1 Å². The third-order valence-corrected chi connectivity index (χ3v) is 3.75. The quantitative estimate of drug-likeness (QED) is 0.883. The van der Waals surface area contributed by atoms with Gasteiger partial charge in [-0.25, -0.2) is 0 Å². The second-order valence-corrected chi connectivity index (χ2v) is 7.56. The number of hydrogen-bond acceptors (Lipinski definition) is 2. The summed E-state index contributed by atoms with van der Waals surface area (Å²) in [6, 6.07) is 5.17. The molecule has 0 aliphatic carbocycles. The summed E-state index contributed by atoms with van der Waals surface area (Å²) < 4.78 is 0. The van der Waals surface area contributed by atoms with Crippen LogP contribution in [0.15, 0.2) is 18.2 Å². The van der Waals surface area contributed by atoms with Crippen molar-refractivity contribution in [3.8, 4) is 0 Å². The minimum absolute atomic E-state index is 0.0257. The van der Waals surface area contributed by atoms with E-state index < -0.39 is 0 Å². The molecule has 0 radical (unpaired) electrons. The molecule has 2 N–H and O–H groups in total. The number of benzene rings is 1. The molecule has 5 heteroatoms. The minimum atomic E-state index is -0.124. The lowest BCUT2D eigenvalue weighted by atomic mass is 9.87. The summed E-state index contributed by atoms with van der Waals surface area (Å²) in [6.45, 7) is 6.81. The van der Waals surface area contributed by atoms with E-state index in [-0.39, 0.29) is 17.4 Å². The monoisotopic (exact) mass is 330 g/mol. The number of carbonyl (C=O) groups excluding carboxylic acids is 1. The zero-order chi connectivity index (χ0) is 16.2. The predicted octanol–water partition coefficient (Wildman–Crippen LogP) is 4.11. The Kier molecular flexibility index (Phi) is 6.51. The van der Waals surface area contributed by atoms with Crippen LogP contribution in [0.1, 0.15) is 39.2 Å². The van der Waals surface area contributed by atoms with E-state index in [0.717, 1.165) is 12.0 Å². The molecule has 3 nitrogen and oxygen atoms in total. The van der Waals surface area contributed by atoms with Crippen LogP contribution in [0.25, 0.3) is 0 Å².